The molecule has 0 unspecified atom stereocenters. The maximum Gasteiger partial charge on any atom is 0.238 e. The number of imidazole rings is 1. The van der Waals surface area contributed by atoms with Crippen molar-refractivity contribution in [2.24, 2.45) is 4.99 Å². The number of rotatable bonds is 2. The maximum atomic E-state index is 9.74. The first kappa shape index (κ1) is 12.0. The van der Waals surface area contributed by atoms with Gasteiger partial charge in [-0.25, -0.2) is 0 Å². The summed E-state index contributed by atoms with van der Waals surface area (Å²) in [5.41, 5.74) is 3.43. The minimum absolute atomic E-state index is 0.0317. The number of benzene rings is 1. The quantitative estimate of drug-likeness (QED) is 0.796. The zero-order valence-electron chi connectivity index (χ0n) is 10.1. The number of nitrogens with zero attached hydrogens (tertiary/aromatic N) is 2. The van der Waals surface area contributed by atoms with Gasteiger partial charge in [-0.05, 0) is 18.2 Å². The van der Waals surface area contributed by atoms with E-state index in [1.165, 1.54) is 0 Å². The van der Waals surface area contributed by atoms with Crippen LogP contribution in [0, 0.1) is 0 Å². The molecule has 3 N–H and O–H groups in total. The number of nitrogens with one attached hydrogen (secondary N) is 2. The molecule has 2 aromatic rings. The lowest BCUT2D eigenvalue weighted by molar-refractivity contribution is 0.455. The Morgan fingerprint density at radius 3 is 3.00 bits per heavy atom. The highest BCUT2D eigenvalue weighted by molar-refractivity contribution is 9.10. The Morgan fingerprint density at radius 1 is 1.42 bits per heavy atom. The second kappa shape index (κ2) is 4.55. The highest BCUT2D eigenvalue weighted by Crippen LogP contribution is 2.35. The minimum atomic E-state index is -0.0317. The van der Waals surface area contributed by atoms with Crippen molar-refractivity contribution in [3.05, 3.63) is 33.9 Å². The van der Waals surface area contributed by atoms with Crippen LogP contribution in [0.1, 0.15) is 11.3 Å². The molecule has 2 heterocycles. The molecule has 0 amide bonds. The van der Waals surface area contributed by atoms with Crippen LogP contribution in [0.15, 0.2) is 27.7 Å². The molecule has 1 aromatic carbocycles. The topological polar surface area (TPSA) is 73.3 Å². The number of H-pyrrole nitrogens is 1. The molecule has 6 heteroatoms. The van der Waals surface area contributed by atoms with Crippen molar-refractivity contribution in [1.29, 1.82) is 0 Å². The Balaban J connectivity index is 2.03. The second-order valence-electron chi connectivity index (χ2n) is 4.09. The first-order valence-electron chi connectivity index (χ1n) is 5.70. The molecule has 0 bridgehead atoms. The highest BCUT2D eigenvalue weighted by atomic mass is 79.9. The van der Waals surface area contributed by atoms with Gasteiger partial charge in [0.25, 0.3) is 0 Å². The fourth-order valence-corrected chi connectivity index (χ4v) is 2.28. The molecule has 0 radical (unpaired) electrons. The van der Waals surface area contributed by atoms with Gasteiger partial charge in [0.05, 0.1) is 5.69 Å². The van der Waals surface area contributed by atoms with Crippen molar-refractivity contribution in [2.45, 2.75) is 0 Å². The number of aromatic amines is 1. The summed E-state index contributed by atoms with van der Waals surface area (Å²) in [6, 6.07) is 5.91. The van der Waals surface area contributed by atoms with Gasteiger partial charge >= 0.3 is 0 Å². The van der Waals surface area contributed by atoms with E-state index in [1.54, 1.807) is 13.3 Å². The lowest BCUT2D eigenvalue weighted by atomic mass is 10.1. The van der Waals surface area contributed by atoms with E-state index in [4.69, 9.17) is 0 Å². The SMILES string of the molecule is CNc1nc(O)c(C=C2C=Nc3cc(Br)ccc32)[nH]1. The Morgan fingerprint density at radius 2 is 2.26 bits per heavy atom. The number of halogens is 1. The van der Waals surface area contributed by atoms with Crippen molar-refractivity contribution < 1.29 is 5.11 Å². The molecule has 0 aliphatic carbocycles. The molecule has 3 rings (SSSR count). The number of aromatic hydroxyl groups is 1. The fraction of sp³-hybridized carbons (Fsp3) is 0.0769. The lowest BCUT2D eigenvalue weighted by Crippen LogP contribution is -1.89. The van der Waals surface area contributed by atoms with Crippen molar-refractivity contribution in [2.75, 3.05) is 12.4 Å². The average Bonchev–Trinajstić information content (AvgIpc) is 2.94. The van der Waals surface area contributed by atoms with Gasteiger partial charge < -0.3 is 15.4 Å². The van der Waals surface area contributed by atoms with E-state index in [0.717, 1.165) is 21.3 Å². The fourth-order valence-electron chi connectivity index (χ4n) is 1.93. The number of fused-ring (bicyclic) bond motifs is 1. The van der Waals surface area contributed by atoms with Crippen molar-refractivity contribution in [3.63, 3.8) is 0 Å². The molecular weight excluding hydrogens is 308 g/mol. The Kier molecular flexibility index (Phi) is 2.87. The molecule has 1 aliphatic rings. The zero-order chi connectivity index (χ0) is 13.4. The molecule has 0 saturated heterocycles. The minimum Gasteiger partial charge on any atom is -0.492 e. The van der Waals surface area contributed by atoms with Crippen molar-refractivity contribution in [3.8, 4) is 5.88 Å². The summed E-state index contributed by atoms with van der Waals surface area (Å²) in [5.74, 6) is 0.492. The van der Waals surface area contributed by atoms with Crippen LogP contribution in [0.5, 0.6) is 5.88 Å². The van der Waals surface area contributed by atoms with E-state index in [2.05, 4.69) is 36.2 Å². The Hall–Kier alpha value is -2.08. The third-order valence-corrected chi connectivity index (χ3v) is 3.36. The van der Waals surface area contributed by atoms with Crippen LogP contribution in [-0.2, 0) is 0 Å². The van der Waals surface area contributed by atoms with E-state index < -0.39 is 0 Å². The van der Waals surface area contributed by atoms with E-state index in [0.29, 0.717) is 11.6 Å². The number of hydrogen-bond donors (Lipinski definition) is 3. The predicted octanol–water partition coefficient (Wildman–Crippen LogP) is 3.18. The molecule has 96 valence electrons. The third kappa shape index (κ3) is 2.15. The summed E-state index contributed by atoms with van der Waals surface area (Å²) in [6.45, 7) is 0. The van der Waals surface area contributed by atoms with Crippen LogP contribution in [-0.4, -0.2) is 28.3 Å². The van der Waals surface area contributed by atoms with E-state index in [9.17, 15) is 5.11 Å². The number of anilines is 1. The summed E-state index contributed by atoms with van der Waals surface area (Å²) < 4.78 is 0.992. The van der Waals surface area contributed by atoms with E-state index >= 15 is 0 Å². The molecule has 0 atom stereocenters. The maximum absolute atomic E-state index is 9.74. The van der Waals surface area contributed by atoms with Crippen LogP contribution in [0.3, 0.4) is 0 Å². The summed E-state index contributed by atoms with van der Waals surface area (Å²) in [4.78, 5) is 11.3. The van der Waals surface area contributed by atoms with Crippen molar-refractivity contribution in [1.82, 2.24) is 9.97 Å². The Bertz CT molecular complexity index is 703. The highest BCUT2D eigenvalue weighted by Gasteiger charge is 2.14. The molecule has 5 nitrogen and oxygen atoms in total. The monoisotopic (exact) mass is 318 g/mol. The molecule has 0 spiro atoms. The van der Waals surface area contributed by atoms with Gasteiger partial charge in [0.1, 0.15) is 5.69 Å². The smallest absolute Gasteiger partial charge is 0.238 e. The molecule has 0 saturated carbocycles. The largest absolute Gasteiger partial charge is 0.492 e. The van der Waals surface area contributed by atoms with Crippen LogP contribution < -0.4 is 5.32 Å². The summed E-state index contributed by atoms with van der Waals surface area (Å²) in [6.07, 6.45) is 3.60. The number of allylic oxidation sites excluding steroid dienone is 1. The van der Waals surface area contributed by atoms with Gasteiger partial charge in [-0.3, -0.25) is 4.99 Å². The van der Waals surface area contributed by atoms with Gasteiger partial charge in [0.2, 0.25) is 11.8 Å². The standard InChI is InChI=1S/C13H11BrN4O/c1-15-13-17-11(12(19)18-13)4-7-6-16-10-5-8(14)2-3-9(7)10/h2-6,19H,1H3,(H2,15,17,18). The van der Waals surface area contributed by atoms with Gasteiger partial charge in [-0.15, -0.1) is 0 Å². The molecular formula is C13H11BrN4O. The molecule has 1 aromatic heterocycles. The summed E-state index contributed by atoms with van der Waals surface area (Å²) >= 11 is 3.42. The van der Waals surface area contributed by atoms with E-state index in [1.807, 2.05) is 24.3 Å². The first-order chi connectivity index (χ1) is 9.17. The Labute approximate surface area is 118 Å². The van der Waals surface area contributed by atoms with E-state index in [-0.39, 0.29) is 5.88 Å². The third-order valence-electron chi connectivity index (χ3n) is 2.86. The van der Waals surface area contributed by atoms with Crippen LogP contribution in [0.2, 0.25) is 0 Å². The molecule has 19 heavy (non-hydrogen) atoms. The summed E-state index contributed by atoms with van der Waals surface area (Å²) in [7, 11) is 1.74. The molecule has 1 aliphatic heterocycles. The van der Waals surface area contributed by atoms with Gasteiger partial charge in [0, 0.05) is 28.9 Å². The number of aromatic nitrogens is 2. The number of hydrogen-bond acceptors (Lipinski definition) is 4. The summed E-state index contributed by atoms with van der Waals surface area (Å²) in [5, 5.41) is 12.6. The lowest BCUT2D eigenvalue weighted by Gasteiger charge is -1.99. The molecule has 0 fully saturated rings. The van der Waals surface area contributed by atoms with Gasteiger partial charge in [0.15, 0.2) is 0 Å². The van der Waals surface area contributed by atoms with Crippen LogP contribution in [0.4, 0.5) is 11.6 Å². The predicted molar refractivity (Wildman–Crippen MR) is 80.0 cm³/mol. The van der Waals surface area contributed by atoms with Crippen molar-refractivity contribution >= 4 is 45.4 Å². The average molecular weight is 319 g/mol. The van der Waals surface area contributed by atoms with Crippen LogP contribution >= 0.6 is 15.9 Å². The number of aliphatic imine (C=N–C) groups is 1. The van der Waals surface area contributed by atoms with Crippen LogP contribution in [0.25, 0.3) is 11.6 Å². The van der Waals surface area contributed by atoms with Gasteiger partial charge in [-0.1, -0.05) is 22.0 Å². The zero-order valence-corrected chi connectivity index (χ0v) is 11.7. The normalized spacial score (nSPS) is 14.9. The first-order valence-corrected chi connectivity index (χ1v) is 6.49. The van der Waals surface area contributed by atoms with Gasteiger partial charge in [-0.2, -0.15) is 4.98 Å². The second-order valence-corrected chi connectivity index (χ2v) is 5.01.